The number of carbonyl (C=O) groups excluding carboxylic acids is 3. The molecule has 1 aliphatic heterocycles. The van der Waals surface area contributed by atoms with Gasteiger partial charge in [-0.25, -0.2) is 4.79 Å². The Bertz CT molecular complexity index is 867. The van der Waals surface area contributed by atoms with Gasteiger partial charge in [-0.2, -0.15) is 0 Å². The molecule has 0 radical (unpaired) electrons. The van der Waals surface area contributed by atoms with Crippen molar-refractivity contribution in [2.75, 3.05) is 56.7 Å². The van der Waals surface area contributed by atoms with Crippen molar-refractivity contribution >= 4 is 29.2 Å². The summed E-state index contributed by atoms with van der Waals surface area (Å²) in [6.45, 7) is 2.47. The number of benzene rings is 1. The maximum absolute atomic E-state index is 12.2. The average Bonchev–Trinajstić information content (AvgIpc) is 2.78. The van der Waals surface area contributed by atoms with Crippen LogP contribution < -0.4 is 10.2 Å². The van der Waals surface area contributed by atoms with Crippen LogP contribution in [0, 0.1) is 0 Å². The van der Waals surface area contributed by atoms with E-state index in [1.54, 1.807) is 12.1 Å². The molecule has 2 aromatic rings. The standard InChI is InChI=1S/C21H24N4O5/c1-24(20(27)15-30-21(28)16-3-2-8-22-13-16)14-19(26)23-17-4-6-18(7-5-17)25-9-11-29-12-10-25/h2-8,13H,9-12,14-15H2,1H3,(H,23,26). The van der Waals surface area contributed by atoms with Crippen molar-refractivity contribution in [1.82, 2.24) is 9.88 Å². The molecule has 158 valence electrons. The Morgan fingerprint density at radius 3 is 2.57 bits per heavy atom. The Balaban J connectivity index is 1.43. The van der Waals surface area contributed by atoms with Crippen molar-refractivity contribution in [2.24, 2.45) is 0 Å². The molecule has 1 aromatic heterocycles. The lowest BCUT2D eigenvalue weighted by Crippen LogP contribution is -2.37. The van der Waals surface area contributed by atoms with Crippen LogP contribution in [0.4, 0.5) is 11.4 Å². The number of likely N-dealkylation sites (N-methyl/N-ethyl adjacent to an activating group) is 1. The van der Waals surface area contributed by atoms with Gasteiger partial charge in [-0.05, 0) is 36.4 Å². The van der Waals surface area contributed by atoms with E-state index in [0.29, 0.717) is 18.9 Å². The van der Waals surface area contributed by atoms with E-state index < -0.39 is 18.5 Å². The van der Waals surface area contributed by atoms with Crippen LogP contribution in [0.25, 0.3) is 0 Å². The molecule has 1 fully saturated rings. The maximum atomic E-state index is 12.2. The number of amides is 2. The molecule has 0 spiro atoms. The number of hydrogen-bond acceptors (Lipinski definition) is 7. The molecular weight excluding hydrogens is 388 g/mol. The van der Waals surface area contributed by atoms with Crippen molar-refractivity contribution in [3.63, 3.8) is 0 Å². The number of pyridine rings is 1. The second-order valence-corrected chi connectivity index (χ2v) is 6.76. The Kier molecular flexibility index (Phi) is 7.34. The summed E-state index contributed by atoms with van der Waals surface area (Å²) in [5.74, 6) is -1.47. The fourth-order valence-electron chi connectivity index (χ4n) is 2.89. The van der Waals surface area contributed by atoms with E-state index in [4.69, 9.17) is 9.47 Å². The van der Waals surface area contributed by atoms with Gasteiger partial charge in [0.05, 0.1) is 25.3 Å². The van der Waals surface area contributed by atoms with E-state index in [1.165, 1.54) is 24.3 Å². The Morgan fingerprint density at radius 1 is 1.17 bits per heavy atom. The van der Waals surface area contributed by atoms with Gasteiger partial charge in [0, 0.05) is 43.9 Å². The summed E-state index contributed by atoms with van der Waals surface area (Å²) in [5.41, 5.74) is 1.96. The average molecular weight is 412 g/mol. The van der Waals surface area contributed by atoms with Crippen molar-refractivity contribution in [1.29, 1.82) is 0 Å². The lowest BCUT2D eigenvalue weighted by molar-refractivity contribution is -0.136. The zero-order chi connectivity index (χ0) is 21.3. The van der Waals surface area contributed by atoms with Crippen molar-refractivity contribution in [2.45, 2.75) is 0 Å². The number of hydrogen-bond donors (Lipinski definition) is 1. The molecule has 1 saturated heterocycles. The van der Waals surface area contributed by atoms with Crippen LogP contribution in [0.15, 0.2) is 48.8 Å². The first-order valence-electron chi connectivity index (χ1n) is 9.56. The predicted molar refractivity (Wildman–Crippen MR) is 110 cm³/mol. The molecule has 1 aromatic carbocycles. The van der Waals surface area contributed by atoms with Crippen LogP contribution in [0.3, 0.4) is 0 Å². The van der Waals surface area contributed by atoms with Gasteiger partial charge in [-0.3, -0.25) is 14.6 Å². The molecular formula is C21H24N4O5. The minimum Gasteiger partial charge on any atom is -0.452 e. The fourth-order valence-corrected chi connectivity index (χ4v) is 2.89. The Labute approximate surface area is 174 Å². The molecule has 30 heavy (non-hydrogen) atoms. The number of nitrogens with zero attached hydrogens (tertiary/aromatic N) is 3. The number of morpholine rings is 1. The normalized spacial score (nSPS) is 13.4. The van der Waals surface area contributed by atoms with E-state index in [2.05, 4.69) is 15.2 Å². The van der Waals surface area contributed by atoms with Crippen LogP contribution in [0.5, 0.6) is 0 Å². The van der Waals surface area contributed by atoms with E-state index in [-0.39, 0.29) is 18.0 Å². The maximum Gasteiger partial charge on any atom is 0.340 e. The summed E-state index contributed by atoms with van der Waals surface area (Å²) in [7, 11) is 1.47. The van der Waals surface area contributed by atoms with Gasteiger partial charge < -0.3 is 24.6 Å². The van der Waals surface area contributed by atoms with Crippen LogP contribution in [0.2, 0.25) is 0 Å². The topological polar surface area (TPSA) is 101 Å². The first kappa shape index (κ1) is 21.3. The molecule has 9 heteroatoms. The first-order chi connectivity index (χ1) is 14.5. The Hall–Kier alpha value is -3.46. The van der Waals surface area contributed by atoms with Gasteiger partial charge in [-0.15, -0.1) is 0 Å². The largest absolute Gasteiger partial charge is 0.452 e. The smallest absolute Gasteiger partial charge is 0.340 e. The highest BCUT2D eigenvalue weighted by Gasteiger charge is 2.16. The van der Waals surface area contributed by atoms with E-state index in [9.17, 15) is 14.4 Å². The third-order valence-corrected chi connectivity index (χ3v) is 4.56. The lowest BCUT2D eigenvalue weighted by atomic mass is 10.2. The molecule has 1 aliphatic rings. The lowest BCUT2D eigenvalue weighted by Gasteiger charge is -2.28. The monoisotopic (exact) mass is 412 g/mol. The molecule has 9 nitrogen and oxygen atoms in total. The zero-order valence-corrected chi connectivity index (χ0v) is 16.7. The highest BCUT2D eigenvalue weighted by Crippen LogP contribution is 2.19. The second kappa shape index (κ2) is 10.4. The molecule has 1 N–H and O–H groups in total. The number of carbonyl (C=O) groups is 3. The summed E-state index contributed by atoms with van der Waals surface area (Å²) in [6, 6.07) is 10.7. The first-order valence-corrected chi connectivity index (χ1v) is 9.56. The molecule has 0 bridgehead atoms. The minimum atomic E-state index is -0.644. The predicted octanol–water partition coefficient (Wildman–Crippen LogP) is 1.17. The summed E-state index contributed by atoms with van der Waals surface area (Å²) < 4.78 is 10.3. The molecule has 0 atom stereocenters. The van der Waals surface area contributed by atoms with Gasteiger partial charge in [-0.1, -0.05) is 0 Å². The van der Waals surface area contributed by atoms with Crippen molar-refractivity contribution in [3.8, 4) is 0 Å². The molecule has 0 aliphatic carbocycles. The van der Waals surface area contributed by atoms with E-state index in [1.807, 2.05) is 24.3 Å². The summed E-state index contributed by atoms with van der Waals surface area (Å²) >= 11 is 0. The summed E-state index contributed by atoms with van der Waals surface area (Å²) in [6.07, 6.45) is 2.89. The van der Waals surface area contributed by atoms with Crippen molar-refractivity contribution < 1.29 is 23.9 Å². The fraction of sp³-hybridized carbons (Fsp3) is 0.333. The zero-order valence-electron chi connectivity index (χ0n) is 16.7. The highest BCUT2D eigenvalue weighted by molar-refractivity contribution is 5.95. The van der Waals surface area contributed by atoms with Crippen LogP contribution >= 0.6 is 0 Å². The molecule has 2 amide bonds. The van der Waals surface area contributed by atoms with Crippen LogP contribution in [0.1, 0.15) is 10.4 Å². The second-order valence-electron chi connectivity index (χ2n) is 6.76. The number of esters is 1. The summed E-state index contributed by atoms with van der Waals surface area (Å²) in [5, 5.41) is 2.76. The van der Waals surface area contributed by atoms with Crippen LogP contribution in [-0.2, 0) is 19.1 Å². The molecule has 3 rings (SSSR count). The third-order valence-electron chi connectivity index (χ3n) is 4.56. The SMILES string of the molecule is CN(CC(=O)Nc1ccc(N2CCOCC2)cc1)C(=O)COC(=O)c1cccnc1. The number of ether oxygens (including phenoxy) is 2. The van der Waals surface area contributed by atoms with Gasteiger partial charge in [0.2, 0.25) is 5.91 Å². The van der Waals surface area contributed by atoms with Gasteiger partial charge in [0.1, 0.15) is 0 Å². The number of rotatable bonds is 7. The molecule has 0 unspecified atom stereocenters. The van der Waals surface area contributed by atoms with Gasteiger partial charge in [0.25, 0.3) is 5.91 Å². The van der Waals surface area contributed by atoms with Gasteiger partial charge >= 0.3 is 5.97 Å². The quantitative estimate of drug-likeness (QED) is 0.681. The Morgan fingerprint density at radius 2 is 1.90 bits per heavy atom. The minimum absolute atomic E-state index is 0.158. The van der Waals surface area contributed by atoms with Crippen molar-refractivity contribution in [3.05, 3.63) is 54.4 Å². The van der Waals surface area contributed by atoms with E-state index >= 15 is 0 Å². The number of anilines is 2. The molecule has 0 saturated carbocycles. The molecule has 2 heterocycles. The number of nitrogens with one attached hydrogen (secondary N) is 1. The summed E-state index contributed by atoms with van der Waals surface area (Å²) in [4.78, 5) is 43.4. The number of aromatic nitrogens is 1. The third kappa shape index (κ3) is 6.02. The van der Waals surface area contributed by atoms with Gasteiger partial charge in [0.15, 0.2) is 6.61 Å². The highest BCUT2D eigenvalue weighted by atomic mass is 16.5. The van der Waals surface area contributed by atoms with E-state index in [0.717, 1.165) is 18.8 Å². The van der Waals surface area contributed by atoms with Crippen LogP contribution in [-0.4, -0.2) is 74.2 Å².